The van der Waals surface area contributed by atoms with Gasteiger partial charge in [0.1, 0.15) is 0 Å². The molecule has 2 saturated heterocycles. The predicted molar refractivity (Wildman–Crippen MR) is 144 cm³/mol. The number of hydrogen-bond acceptors (Lipinski definition) is 5. The van der Waals surface area contributed by atoms with Crippen molar-refractivity contribution in [3.8, 4) is 11.5 Å². The van der Waals surface area contributed by atoms with Gasteiger partial charge in [0, 0.05) is 36.5 Å². The van der Waals surface area contributed by atoms with Crippen LogP contribution in [0.1, 0.15) is 56.4 Å². The molecule has 200 valence electrons. The van der Waals surface area contributed by atoms with Gasteiger partial charge in [-0.1, -0.05) is 24.3 Å². The third-order valence-electron chi connectivity index (χ3n) is 8.22. The molecule has 3 aliphatic heterocycles. The van der Waals surface area contributed by atoms with Gasteiger partial charge in [-0.3, -0.25) is 9.59 Å². The number of piperazine rings is 1. The van der Waals surface area contributed by atoms with Gasteiger partial charge >= 0.3 is 0 Å². The lowest BCUT2D eigenvalue weighted by molar-refractivity contribution is -0.167. The average molecular weight is 518 g/mol. The minimum Gasteiger partial charge on any atom is -0.493 e. The van der Waals surface area contributed by atoms with Gasteiger partial charge in [-0.2, -0.15) is 0 Å². The van der Waals surface area contributed by atoms with Crippen LogP contribution in [-0.2, 0) is 19.9 Å². The summed E-state index contributed by atoms with van der Waals surface area (Å²) in [5.74, 6) is 1.08. The van der Waals surface area contributed by atoms with Crippen LogP contribution in [0.2, 0.25) is 0 Å². The molecule has 0 spiro atoms. The van der Waals surface area contributed by atoms with E-state index in [9.17, 15) is 9.59 Å². The fourth-order valence-corrected chi connectivity index (χ4v) is 6.41. The highest BCUT2D eigenvalue weighted by atomic mass is 16.5. The van der Waals surface area contributed by atoms with Crippen molar-refractivity contribution < 1.29 is 23.8 Å². The Labute approximate surface area is 222 Å². The number of ether oxygens (including phenoxy) is 3. The summed E-state index contributed by atoms with van der Waals surface area (Å²) in [6, 6.07) is 14.1. The highest BCUT2D eigenvalue weighted by molar-refractivity contribution is 6.01. The number of fused-ring (bicyclic) bond motifs is 5. The van der Waals surface area contributed by atoms with E-state index in [4.69, 9.17) is 14.2 Å². The van der Waals surface area contributed by atoms with Crippen LogP contribution < -0.4 is 9.47 Å². The summed E-state index contributed by atoms with van der Waals surface area (Å²) in [4.78, 5) is 34.9. The van der Waals surface area contributed by atoms with E-state index in [1.54, 1.807) is 16.9 Å². The molecular formula is C30H35N3O5. The highest BCUT2D eigenvalue weighted by Crippen LogP contribution is 2.49. The Balaban J connectivity index is 1.47. The van der Waals surface area contributed by atoms with Gasteiger partial charge < -0.3 is 29.0 Å². The molecule has 0 saturated carbocycles. The molecule has 8 heteroatoms. The van der Waals surface area contributed by atoms with Gasteiger partial charge in [-0.15, -0.1) is 0 Å². The van der Waals surface area contributed by atoms with Crippen LogP contribution in [0.3, 0.4) is 0 Å². The molecule has 0 bridgehead atoms. The van der Waals surface area contributed by atoms with Crippen molar-refractivity contribution in [2.45, 2.75) is 57.3 Å². The Hall–Kier alpha value is -3.52. The summed E-state index contributed by atoms with van der Waals surface area (Å²) in [5.41, 5.74) is 2.68. The maximum Gasteiger partial charge on any atom is 0.255 e. The number of aromatic nitrogens is 1. The normalized spacial score (nSPS) is 25.2. The quantitative estimate of drug-likeness (QED) is 0.531. The first-order valence-electron chi connectivity index (χ1n) is 13.5. The number of hydrogen-bond donors (Lipinski definition) is 1. The maximum atomic E-state index is 14.2. The number of nitrogens with zero attached hydrogens (tertiary/aromatic N) is 2. The summed E-state index contributed by atoms with van der Waals surface area (Å²) >= 11 is 0. The molecule has 0 unspecified atom stereocenters. The number of methoxy groups -OCH3 is 1. The van der Waals surface area contributed by atoms with Crippen LogP contribution >= 0.6 is 0 Å². The second-order valence-electron chi connectivity index (χ2n) is 11.0. The number of H-pyrrole nitrogens is 1. The van der Waals surface area contributed by atoms with Crippen molar-refractivity contribution in [1.29, 1.82) is 0 Å². The molecule has 6 rings (SSSR count). The number of para-hydroxylation sites is 1. The molecule has 1 aromatic heterocycles. The smallest absolute Gasteiger partial charge is 0.255 e. The number of amides is 2. The van der Waals surface area contributed by atoms with Crippen LogP contribution in [0.5, 0.6) is 11.5 Å². The lowest BCUT2D eigenvalue weighted by Gasteiger charge is -2.51. The minimum atomic E-state index is -1.12. The molecule has 3 atom stereocenters. The van der Waals surface area contributed by atoms with Gasteiger partial charge in [-0.05, 0) is 62.9 Å². The molecule has 0 aliphatic carbocycles. The molecule has 2 fully saturated rings. The molecule has 2 amide bonds. The van der Waals surface area contributed by atoms with E-state index in [-0.39, 0.29) is 36.5 Å². The minimum absolute atomic E-state index is 0.0138. The third kappa shape index (κ3) is 3.85. The highest BCUT2D eigenvalue weighted by Gasteiger charge is 2.56. The Kier molecular flexibility index (Phi) is 6.10. The molecule has 8 nitrogen and oxygen atoms in total. The lowest BCUT2D eigenvalue weighted by Crippen LogP contribution is -2.68. The zero-order valence-corrected chi connectivity index (χ0v) is 22.5. The maximum absolute atomic E-state index is 14.2. The van der Waals surface area contributed by atoms with Crippen molar-refractivity contribution in [3.63, 3.8) is 0 Å². The Morgan fingerprint density at radius 2 is 1.97 bits per heavy atom. The van der Waals surface area contributed by atoms with Gasteiger partial charge in [0.05, 0.1) is 31.6 Å². The van der Waals surface area contributed by atoms with Gasteiger partial charge in [-0.25, -0.2) is 0 Å². The van der Waals surface area contributed by atoms with E-state index in [0.717, 1.165) is 40.6 Å². The second-order valence-corrected chi connectivity index (χ2v) is 11.0. The molecular weight excluding hydrogens is 482 g/mol. The summed E-state index contributed by atoms with van der Waals surface area (Å²) < 4.78 is 17.4. The lowest BCUT2D eigenvalue weighted by atomic mass is 9.76. The fourth-order valence-electron chi connectivity index (χ4n) is 6.41. The Bertz CT molecular complexity index is 1390. The van der Waals surface area contributed by atoms with E-state index in [0.29, 0.717) is 31.2 Å². The number of rotatable bonds is 6. The Morgan fingerprint density at radius 3 is 2.71 bits per heavy atom. The van der Waals surface area contributed by atoms with Crippen LogP contribution in [0.15, 0.2) is 42.5 Å². The van der Waals surface area contributed by atoms with E-state index < -0.39 is 5.54 Å². The van der Waals surface area contributed by atoms with Crippen LogP contribution in [-0.4, -0.2) is 72.2 Å². The number of nitrogens with one attached hydrogen (secondary N) is 1. The summed E-state index contributed by atoms with van der Waals surface area (Å²) in [6.45, 7) is 7.48. The van der Waals surface area contributed by atoms with E-state index >= 15 is 0 Å². The first kappa shape index (κ1) is 24.8. The first-order valence-corrected chi connectivity index (χ1v) is 13.5. The van der Waals surface area contributed by atoms with Gasteiger partial charge in [0.25, 0.3) is 5.91 Å². The van der Waals surface area contributed by atoms with Crippen LogP contribution in [0.4, 0.5) is 0 Å². The largest absolute Gasteiger partial charge is 0.493 e. The van der Waals surface area contributed by atoms with Crippen molar-refractivity contribution in [2.75, 3.05) is 33.4 Å². The summed E-state index contributed by atoms with van der Waals surface area (Å²) in [6.07, 6.45) is 1.90. The molecule has 1 N–H and O–H groups in total. The van der Waals surface area contributed by atoms with E-state index in [1.165, 1.54) is 0 Å². The monoisotopic (exact) mass is 517 g/mol. The second kappa shape index (κ2) is 9.34. The third-order valence-corrected chi connectivity index (χ3v) is 8.22. The molecule has 0 radical (unpaired) electrons. The standard InChI is InChI=1S/C30H35N3O5/c1-18(2)38-24-12-11-19(14-25(24)36-4)22-16-33-26(34)17-32(15-20-8-7-13-37-20)29(35)30(33,3)28-27(22)21-9-5-6-10-23(21)31-28/h5-6,9-12,14,18,20,22,31H,7-8,13,15-17H2,1-4H3/t20-,22-,30-/m0/s1. The van der Waals surface area contributed by atoms with Crippen molar-refractivity contribution in [3.05, 3.63) is 59.3 Å². The number of benzene rings is 2. The molecule has 3 aliphatic rings. The predicted octanol–water partition coefficient (Wildman–Crippen LogP) is 4.17. The van der Waals surface area contributed by atoms with Gasteiger partial charge in [0.2, 0.25) is 5.91 Å². The zero-order valence-electron chi connectivity index (χ0n) is 22.5. The van der Waals surface area contributed by atoms with Crippen molar-refractivity contribution in [1.82, 2.24) is 14.8 Å². The number of carbonyl (C=O) groups excluding carboxylic acids is 2. The topological polar surface area (TPSA) is 84.1 Å². The summed E-state index contributed by atoms with van der Waals surface area (Å²) in [5, 5.41) is 1.06. The van der Waals surface area contributed by atoms with E-state index in [1.807, 2.05) is 57.2 Å². The van der Waals surface area contributed by atoms with Gasteiger partial charge in [0.15, 0.2) is 17.0 Å². The fraction of sp³-hybridized carbons (Fsp3) is 0.467. The molecule has 38 heavy (non-hydrogen) atoms. The number of aromatic amines is 1. The SMILES string of the molecule is COc1cc([C@@H]2CN3C(=O)CN(C[C@@H]4CCCO4)C(=O)[C@]3(C)c3[nH]c4ccccc4c32)ccc1OC(C)C. The number of carbonyl (C=O) groups is 2. The zero-order chi connectivity index (χ0) is 26.6. The Morgan fingerprint density at radius 1 is 1.16 bits per heavy atom. The van der Waals surface area contributed by atoms with Crippen molar-refractivity contribution in [2.24, 2.45) is 0 Å². The summed E-state index contributed by atoms with van der Waals surface area (Å²) in [7, 11) is 1.64. The molecule has 3 aromatic rings. The average Bonchev–Trinajstić information content (AvgIpc) is 3.56. The van der Waals surface area contributed by atoms with Crippen LogP contribution in [0, 0.1) is 0 Å². The van der Waals surface area contributed by atoms with Crippen LogP contribution in [0.25, 0.3) is 10.9 Å². The van der Waals surface area contributed by atoms with Crippen molar-refractivity contribution >= 4 is 22.7 Å². The van der Waals surface area contributed by atoms with E-state index in [2.05, 4.69) is 11.1 Å². The molecule has 4 heterocycles. The molecule has 2 aromatic carbocycles. The first-order chi connectivity index (χ1) is 18.3.